The number of nitro groups is 1. The number of carbonyl (C=O) groups is 2. The fourth-order valence-corrected chi connectivity index (χ4v) is 3.07. The molecule has 7 nitrogen and oxygen atoms in total. The van der Waals surface area contributed by atoms with E-state index in [4.69, 9.17) is 4.74 Å². The second kappa shape index (κ2) is 9.32. The summed E-state index contributed by atoms with van der Waals surface area (Å²) >= 11 is 0. The Morgan fingerprint density at radius 2 is 1.66 bits per heavy atom. The molecule has 0 aliphatic heterocycles. The molecule has 0 saturated carbocycles. The van der Waals surface area contributed by atoms with Crippen molar-refractivity contribution in [1.29, 1.82) is 0 Å². The largest absolute Gasteiger partial charge is 0.452 e. The van der Waals surface area contributed by atoms with Crippen molar-refractivity contribution < 1.29 is 19.2 Å². The number of carbonyl (C=O) groups excluding carboxylic acids is 2. The van der Waals surface area contributed by atoms with Gasteiger partial charge in [0.05, 0.1) is 10.5 Å². The number of para-hydroxylation sites is 1. The quantitative estimate of drug-likeness (QED) is 0.404. The van der Waals surface area contributed by atoms with Crippen LogP contribution in [0.3, 0.4) is 0 Å². The molecular weight excluding hydrogens is 372 g/mol. The lowest BCUT2D eigenvalue weighted by Gasteiger charge is -2.20. The predicted octanol–water partition coefficient (Wildman–Crippen LogP) is 4.95. The molecule has 0 fully saturated rings. The number of nitrogens with one attached hydrogen (secondary N) is 1. The van der Waals surface area contributed by atoms with Crippen molar-refractivity contribution in [3.05, 3.63) is 68.8 Å². The van der Waals surface area contributed by atoms with Crippen LogP contribution in [0.4, 0.5) is 11.4 Å². The van der Waals surface area contributed by atoms with Gasteiger partial charge in [-0.3, -0.25) is 14.9 Å². The highest BCUT2D eigenvalue weighted by molar-refractivity contribution is 5.96. The van der Waals surface area contributed by atoms with Crippen LogP contribution in [0.5, 0.6) is 0 Å². The summed E-state index contributed by atoms with van der Waals surface area (Å²) < 4.78 is 5.10. The van der Waals surface area contributed by atoms with Gasteiger partial charge >= 0.3 is 5.97 Å². The van der Waals surface area contributed by atoms with Gasteiger partial charge in [0.15, 0.2) is 6.61 Å². The zero-order chi connectivity index (χ0) is 21.7. The molecule has 1 N–H and O–H groups in total. The number of amides is 1. The Bertz CT molecular complexity index is 909. The Morgan fingerprint density at radius 1 is 1.07 bits per heavy atom. The van der Waals surface area contributed by atoms with Gasteiger partial charge in [-0.2, -0.15) is 0 Å². The molecule has 2 aromatic carbocycles. The van der Waals surface area contributed by atoms with E-state index >= 15 is 0 Å². The zero-order valence-electron chi connectivity index (χ0n) is 17.3. The summed E-state index contributed by atoms with van der Waals surface area (Å²) in [5, 5.41) is 13.8. The molecule has 0 unspecified atom stereocenters. The fraction of sp³-hybridized carbons (Fsp3) is 0.364. The van der Waals surface area contributed by atoms with Gasteiger partial charge in [-0.1, -0.05) is 45.9 Å². The van der Waals surface area contributed by atoms with Crippen LogP contribution in [-0.4, -0.2) is 23.4 Å². The molecule has 1 amide bonds. The molecule has 0 aromatic heterocycles. The lowest BCUT2D eigenvalue weighted by Crippen LogP contribution is -2.22. The Kier molecular flexibility index (Phi) is 7.09. The van der Waals surface area contributed by atoms with E-state index in [0.29, 0.717) is 5.56 Å². The van der Waals surface area contributed by atoms with Crippen LogP contribution in [0.1, 0.15) is 66.6 Å². The molecule has 0 aliphatic carbocycles. The third-order valence-corrected chi connectivity index (χ3v) is 4.60. The van der Waals surface area contributed by atoms with Crippen molar-refractivity contribution in [2.75, 3.05) is 11.9 Å². The molecule has 0 atom stereocenters. The van der Waals surface area contributed by atoms with Gasteiger partial charge in [0.25, 0.3) is 11.6 Å². The summed E-state index contributed by atoms with van der Waals surface area (Å²) in [6.07, 6.45) is 0. The first-order valence-corrected chi connectivity index (χ1v) is 9.46. The number of anilines is 1. The topological polar surface area (TPSA) is 98.5 Å². The first-order chi connectivity index (χ1) is 13.6. The van der Waals surface area contributed by atoms with Crippen molar-refractivity contribution >= 4 is 23.3 Å². The van der Waals surface area contributed by atoms with Crippen LogP contribution in [0, 0.1) is 17.0 Å². The van der Waals surface area contributed by atoms with Gasteiger partial charge < -0.3 is 10.1 Å². The van der Waals surface area contributed by atoms with E-state index in [0.717, 1.165) is 16.8 Å². The van der Waals surface area contributed by atoms with Gasteiger partial charge in [-0.05, 0) is 42.0 Å². The number of nitrogens with zero attached hydrogens (tertiary/aromatic N) is 1. The minimum Gasteiger partial charge on any atom is -0.452 e. The monoisotopic (exact) mass is 398 g/mol. The summed E-state index contributed by atoms with van der Waals surface area (Å²) in [5.41, 5.74) is 3.21. The Labute approximate surface area is 170 Å². The van der Waals surface area contributed by atoms with E-state index in [2.05, 4.69) is 5.32 Å². The first kappa shape index (κ1) is 22.1. The molecule has 154 valence electrons. The summed E-state index contributed by atoms with van der Waals surface area (Å²) in [4.78, 5) is 35.0. The van der Waals surface area contributed by atoms with Crippen LogP contribution in [0.25, 0.3) is 0 Å². The number of hydrogen-bond acceptors (Lipinski definition) is 5. The van der Waals surface area contributed by atoms with Crippen molar-refractivity contribution in [3.63, 3.8) is 0 Å². The molecule has 0 spiro atoms. The van der Waals surface area contributed by atoms with Gasteiger partial charge in [0, 0.05) is 17.3 Å². The SMILES string of the molecule is Cc1cc(C(=O)OCC(=O)Nc2c(C(C)C)cccc2C(C)C)ccc1[N+](=O)[O-]. The second-order valence-electron chi connectivity index (χ2n) is 7.50. The summed E-state index contributed by atoms with van der Waals surface area (Å²) in [6.45, 7) is 9.28. The van der Waals surface area contributed by atoms with Crippen LogP contribution in [-0.2, 0) is 9.53 Å². The second-order valence-corrected chi connectivity index (χ2v) is 7.50. The van der Waals surface area contributed by atoms with Gasteiger partial charge in [-0.25, -0.2) is 4.79 Å². The number of esters is 1. The minimum absolute atomic E-state index is 0.0780. The van der Waals surface area contributed by atoms with E-state index in [9.17, 15) is 19.7 Å². The molecular formula is C22H26N2O5. The van der Waals surface area contributed by atoms with Gasteiger partial charge in [0.1, 0.15) is 0 Å². The standard InChI is InChI=1S/C22H26N2O5/c1-13(2)17-7-6-8-18(14(3)4)21(17)23-20(25)12-29-22(26)16-9-10-19(24(27)28)15(5)11-16/h6-11,13-14H,12H2,1-5H3,(H,23,25). The Balaban J connectivity index is 2.10. The average molecular weight is 398 g/mol. The third kappa shape index (κ3) is 5.40. The van der Waals surface area contributed by atoms with E-state index in [1.165, 1.54) is 25.1 Å². The van der Waals surface area contributed by atoms with Crippen molar-refractivity contribution in [2.24, 2.45) is 0 Å². The Morgan fingerprint density at radius 3 is 2.14 bits per heavy atom. The van der Waals surface area contributed by atoms with Crippen molar-refractivity contribution in [2.45, 2.75) is 46.5 Å². The van der Waals surface area contributed by atoms with Crippen molar-refractivity contribution in [3.8, 4) is 0 Å². The minimum atomic E-state index is -0.709. The van der Waals surface area contributed by atoms with Crippen LogP contribution in [0.15, 0.2) is 36.4 Å². The number of ether oxygens (including phenoxy) is 1. The molecule has 0 heterocycles. The number of hydrogen-bond donors (Lipinski definition) is 1. The van der Waals surface area contributed by atoms with Crippen LogP contribution < -0.4 is 5.32 Å². The van der Waals surface area contributed by atoms with E-state index in [1.807, 2.05) is 45.9 Å². The molecule has 0 saturated heterocycles. The maximum Gasteiger partial charge on any atom is 0.338 e. The fourth-order valence-electron chi connectivity index (χ4n) is 3.07. The van der Waals surface area contributed by atoms with E-state index in [1.54, 1.807) is 0 Å². The van der Waals surface area contributed by atoms with Crippen LogP contribution in [0.2, 0.25) is 0 Å². The van der Waals surface area contributed by atoms with E-state index in [-0.39, 0.29) is 23.1 Å². The summed E-state index contributed by atoms with van der Waals surface area (Å²) in [6, 6.07) is 9.85. The number of benzene rings is 2. The number of rotatable bonds is 7. The highest BCUT2D eigenvalue weighted by Crippen LogP contribution is 2.32. The maximum atomic E-state index is 12.4. The average Bonchev–Trinajstić information content (AvgIpc) is 2.65. The lowest BCUT2D eigenvalue weighted by atomic mass is 9.92. The molecule has 29 heavy (non-hydrogen) atoms. The molecule has 2 rings (SSSR count). The predicted molar refractivity (Wildman–Crippen MR) is 111 cm³/mol. The first-order valence-electron chi connectivity index (χ1n) is 9.46. The number of aryl methyl sites for hydroxylation is 1. The summed E-state index contributed by atoms with van der Waals surface area (Å²) in [7, 11) is 0. The Hall–Kier alpha value is -3.22. The van der Waals surface area contributed by atoms with E-state index < -0.39 is 23.4 Å². The highest BCUT2D eigenvalue weighted by atomic mass is 16.6. The lowest BCUT2D eigenvalue weighted by molar-refractivity contribution is -0.385. The maximum absolute atomic E-state index is 12.4. The molecule has 0 radical (unpaired) electrons. The third-order valence-electron chi connectivity index (χ3n) is 4.60. The summed E-state index contributed by atoms with van der Waals surface area (Å²) in [5.74, 6) is -0.712. The van der Waals surface area contributed by atoms with Crippen molar-refractivity contribution in [1.82, 2.24) is 0 Å². The highest BCUT2D eigenvalue weighted by Gasteiger charge is 2.18. The van der Waals surface area contributed by atoms with Gasteiger partial charge in [0.2, 0.25) is 0 Å². The number of nitro benzene ring substituents is 1. The molecule has 0 aliphatic rings. The van der Waals surface area contributed by atoms with Crippen LogP contribution >= 0.6 is 0 Å². The van der Waals surface area contributed by atoms with Gasteiger partial charge in [-0.15, -0.1) is 0 Å². The molecule has 2 aromatic rings. The normalized spacial score (nSPS) is 10.9. The molecule has 7 heteroatoms. The molecule has 0 bridgehead atoms. The zero-order valence-corrected chi connectivity index (χ0v) is 17.3. The smallest absolute Gasteiger partial charge is 0.338 e.